The first-order valence-electron chi connectivity index (χ1n) is 3.22. The summed E-state index contributed by atoms with van der Waals surface area (Å²) in [6, 6.07) is 0. The maximum Gasteiger partial charge on any atom is 0.354 e. The fourth-order valence-electron chi connectivity index (χ4n) is 0.752. The van der Waals surface area contributed by atoms with Crippen molar-refractivity contribution in [2.24, 2.45) is 0 Å². The first-order chi connectivity index (χ1) is 5.65. The monoisotopic (exact) mass is 172 g/mol. The minimum Gasteiger partial charge on any atom is -0.395 e. The van der Waals surface area contributed by atoms with Crippen LogP contribution in [0.15, 0.2) is 9.59 Å². The van der Waals surface area contributed by atoms with Gasteiger partial charge in [0.15, 0.2) is 0 Å². The third-order valence-corrected chi connectivity index (χ3v) is 1.25. The molecule has 0 radical (unpaired) electrons. The molecule has 0 aliphatic heterocycles. The van der Waals surface area contributed by atoms with E-state index in [0.29, 0.717) is 0 Å². The van der Waals surface area contributed by atoms with Crippen LogP contribution in [0.1, 0.15) is 0 Å². The zero-order chi connectivity index (χ0) is 9.14. The van der Waals surface area contributed by atoms with Gasteiger partial charge < -0.3 is 10.8 Å². The maximum atomic E-state index is 10.9. The molecule has 7 heteroatoms. The maximum absolute atomic E-state index is 10.9. The van der Waals surface area contributed by atoms with Gasteiger partial charge in [0.25, 0.3) is 0 Å². The van der Waals surface area contributed by atoms with Crippen LogP contribution >= 0.6 is 0 Å². The molecule has 0 atom stereocenters. The Labute approximate surface area is 66.5 Å². The summed E-state index contributed by atoms with van der Waals surface area (Å²) in [5.41, 5.74) is 3.66. The van der Waals surface area contributed by atoms with Crippen molar-refractivity contribution in [3.8, 4) is 0 Å². The SMILES string of the molecule is Nc1nc(=O)n(CCO)c(=O)[nH]1. The number of hydrogen-bond donors (Lipinski definition) is 3. The average molecular weight is 172 g/mol. The van der Waals surface area contributed by atoms with Gasteiger partial charge in [-0.3, -0.25) is 4.98 Å². The zero-order valence-electron chi connectivity index (χ0n) is 6.15. The second-order valence-corrected chi connectivity index (χ2v) is 2.09. The Hall–Kier alpha value is -1.63. The van der Waals surface area contributed by atoms with Crippen molar-refractivity contribution in [3.63, 3.8) is 0 Å². The number of aromatic amines is 1. The molecule has 0 aromatic carbocycles. The molecule has 1 aromatic heterocycles. The Morgan fingerprint density at radius 2 is 2.25 bits per heavy atom. The molecule has 0 aliphatic rings. The third kappa shape index (κ3) is 1.51. The molecule has 1 heterocycles. The van der Waals surface area contributed by atoms with Crippen LogP contribution in [0.5, 0.6) is 0 Å². The van der Waals surface area contributed by atoms with Crippen molar-refractivity contribution in [1.29, 1.82) is 0 Å². The zero-order valence-corrected chi connectivity index (χ0v) is 6.15. The quantitative estimate of drug-likeness (QED) is 0.456. The molecule has 1 rings (SSSR count). The molecular weight excluding hydrogens is 164 g/mol. The van der Waals surface area contributed by atoms with Crippen molar-refractivity contribution in [1.82, 2.24) is 14.5 Å². The molecule has 0 unspecified atom stereocenters. The molecule has 7 nitrogen and oxygen atoms in total. The number of aliphatic hydroxyl groups is 1. The molecule has 66 valence electrons. The van der Waals surface area contributed by atoms with E-state index in [1.54, 1.807) is 0 Å². The largest absolute Gasteiger partial charge is 0.395 e. The molecule has 0 saturated heterocycles. The van der Waals surface area contributed by atoms with Crippen LogP contribution in [-0.4, -0.2) is 26.2 Å². The molecule has 0 amide bonds. The standard InChI is InChI=1S/C5H8N4O3/c6-3-7-4(11)9(1-2-10)5(12)8-3/h10H,1-2H2,(H3,6,7,8,11,12). The van der Waals surface area contributed by atoms with Crippen LogP contribution in [-0.2, 0) is 6.54 Å². The Kier molecular flexibility index (Phi) is 2.24. The number of rotatable bonds is 2. The highest BCUT2D eigenvalue weighted by atomic mass is 16.3. The number of nitrogens with two attached hydrogens (primary N) is 1. The summed E-state index contributed by atoms with van der Waals surface area (Å²) in [6.45, 7) is -0.379. The lowest BCUT2D eigenvalue weighted by atomic mass is 10.6. The van der Waals surface area contributed by atoms with E-state index in [-0.39, 0.29) is 19.1 Å². The molecule has 0 aliphatic carbocycles. The Balaban J connectivity index is 3.29. The lowest BCUT2D eigenvalue weighted by molar-refractivity contribution is 0.270. The van der Waals surface area contributed by atoms with E-state index >= 15 is 0 Å². The first-order valence-corrected chi connectivity index (χ1v) is 3.22. The smallest absolute Gasteiger partial charge is 0.354 e. The number of aromatic nitrogens is 3. The molecular formula is C5H8N4O3. The average Bonchev–Trinajstić information content (AvgIpc) is 1.96. The number of nitrogen functional groups attached to an aromatic ring is 1. The van der Waals surface area contributed by atoms with Gasteiger partial charge in [-0.1, -0.05) is 0 Å². The minimum absolute atomic E-state index is 0.0819. The van der Waals surface area contributed by atoms with Crippen LogP contribution in [0.2, 0.25) is 0 Å². The van der Waals surface area contributed by atoms with E-state index < -0.39 is 11.4 Å². The normalized spacial score (nSPS) is 10.1. The Morgan fingerprint density at radius 1 is 1.58 bits per heavy atom. The molecule has 0 fully saturated rings. The van der Waals surface area contributed by atoms with Gasteiger partial charge in [-0.25, -0.2) is 14.2 Å². The van der Waals surface area contributed by atoms with E-state index in [4.69, 9.17) is 10.8 Å². The molecule has 0 saturated carbocycles. The van der Waals surface area contributed by atoms with Crippen LogP contribution in [0.3, 0.4) is 0 Å². The summed E-state index contributed by atoms with van der Waals surface area (Å²) in [6.07, 6.45) is 0. The van der Waals surface area contributed by atoms with Gasteiger partial charge in [-0.2, -0.15) is 4.98 Å². The Bertz CT molecular complexity index is 348. The number of anilines is 1. The summed E-state index contributed by atoms with van der Waals surface area (Å²) >= 11 is 0. The predicted octanol–water partition coefficient (Wildman–Crippen LogP) is -2.49. The first kappa shape index (κ1) is 8.47. The summed E-state index contributed by atoms with van der Waals surface area (Å²) in [7, 11) is 0. The second-order valence-electron chi connectivity index (χ2n) is 2.09. The Morgan fingerprint density at radius 3 is 2.75 bits per heavy atom. The van der Waals surface area contributed by atoms with Crippen LogP contribution in [0.25, 0.3) is 0 Å². The van der Waals surface area contributed by atoms with E-state index in [9.17, 15) is 9.59 Å². The molecule has 12 heavy (non-hydrogen) atoms. The lowest BCUT2D eigenvalue weighted by Crippen LogP contribution is -2.38. The lowest BCUT2D eigenvalue weighted by Gasteiger charge is -1.99. The van der Waals surface area contributed by atoms with Gasteiger partial charge in [0.2, 0.25) is 5.95 Å². The fraction of sp³-hybridized carbons (Fsp3) is 0.400. The number of nitrogens with zero attached hydrogens (tertiary/aromatic N) is 2. The van der Waals surface area contributed by atoms with Gasteiger partial charge in [0, 0.05) is 0 Å². The molecule has 0 bridgehead atoms. The number of aliphatic hydroxyl groups excluding tert-OH is 1. The highest BCUT2D eigenvalue weighted by Gasteiger charge is 2.01. The highest BCUT2D eigenvalue weighted by Crippen LogP contribution is 1.75. The van der Waals surface area contributed by atoms with Gasteiger partial charge in [-0.15, -0.1) is 0 Å². The minimum atomic E-state index is -0.759. The fourth-order valence-corrected chi connectivity index (χ4v) is 0.752. The summed E-state index contributed by atoms with van der Waals surface area (Å²) < 4.78 is 0.760. The van der Waals surface area contributed by atoms with Gasteiger partial charge in [-0.05, 0) is 0 Å². The summed E-state index contributed by atoms with van der Waals surface area (Å²) in [5.74, 6) is -0.223. The van der Waals surface area contributed by atoms with Crippen molar-refractivity contribution < 1.29 is 5.11 Å². The topological polar surface area (TPSA) is 114 Å². The van der Waals surface area contributed by atoms with Crippen molar-refractivity contribution in [3.05, 3.63) is 21.0 Å². The molecule has 4 N–H and O–H groups in total. The second kappa shape index (κ2) is 3.18. The number of hydrogen-bond acceptors (Lipinski definition) is 5. The van der Waals surface area contributed by atoms with E-state index in [2.05, 4.69) is 9.97 Å². The van der Waals surface area contributed by atoms with E-state index in [0.717, 1.165) is 4.57 Å². The van der Waals surface area contributed by atoms with Crippen molar-refractivity contribution in [2.75, 3.05) is 12.3 Å². The van der Waals surface area contributed by atoms with Crippen molar-refractivity contribution >= 4 is 5.95 Å². The third-order valence-electron chi connectivity index (χ3n) is 1.25. The van der Waals surface area contributed by atoms with E-state index in [1.165, 1.54) is 0 Å². The van der Waals surface area contributed by atoms with Gasteiger partial charge >= 0.3 is 11.4 Å². The summed E-state index contributed by atoms with van der Waals surface area (Å²) in [5, 5.41) is 8.47. The predicted molar refractivity (Wildman–Crippen MR) is 40.6 cm³/mol. The number of nitrogens with one attached hydrogen (secondary N) is 1. The van der Waals surface area contributed by atoms with Gasteiger partial charge in [0.05, 0.1) is 13.2 Å². The number of H-pyrrole nitrogens is 1. The van der Waals surface area contributed by atoms with Crippen LogP contribution in [0, 0.1) is 0 Å². The van der Waals surface area contributed by atoms with E-state index in [1.807, 2.05) is 0 Å². The molecule has 0 spiro atoms. The van der Waals surface area contributed by atoms with Crippen LogP contribution in [0.4, 0.5) is 5.95 Å². The molecule has 1 aromatic rings. The summed E-state index contributed by atoms with van der Waals surface area (Å²) in [4.78, 5) is 27.2. The van der Waals surface area contributed by atoms with Gasteiger partial charge in [0.1, 0.15) is 0 Å². The van der Waals surface area contributed by atoms with Crippen LogP contribution < -0.4 is 17.1 Å². The van der Waals surface area contributed by atoms with Crippen molar-refractivity contribution in [2.45, 2.75) is 6.54 Å². The highest BCUT2D eigenvalue weighted by molar-refractivity contribution is 5.09.